The van der Waals surface area contributed by atoms with Crippen LogP contribution in [0.3, 0.4) is 0 Å². The number of carbonyl (C=O) groups is 1. The number of carbonyl (C=O) groups excluding carboxylic acids is 1. The number of amides is 1. The third-order valence-corrected chi connectivity index (χ3v) is 7.05. The van der Waals surface area contributed by atoms with Crippen LogP contribution in [0.15, 0.2) is 41.3 Å². The monoisotopic (exact) mass is 492 g/mol. The SMILES string of the molecule is COc1ccc(S(=O)(=O)N2CCOCC2)cc1NC(=O)/C=C/c1cc(OC)c(OC)c(OC)c1. The molecular formula is C23H28N2O8S. The van der Waals surface area contributed by atoms with Crippen molar-refractivity contribution in [2.45, 2.75) is 4.90 Å². The third-order valence-electron chi connectivity index (χ3n) is 5.15. The standard InChI is InChI=1S/C23H28N2O8S/c1-29-19-7-6-17(34(27,28)25-9-11-33-12-10-25)15-18(19)24-22(26)8-5-16-13-20(30-2)23(32-4)21(14-16)31-3/h5-8,13-15H,9-12H2,1-4H3,(H,24,26)/b8-5+. The number of hydrogen-bond donors (Lipinski definition) is 1. The number of hydrogen-bond acceptors (Lipinski definition) is 8. The van der Waals surface area contributed by atoms with Gasteiger partial charge >= 0.3 is 0 Å². The third kappa shape index (κ3) is 5.61. The van der Waals surface area contributed by atoms with Gasteiger partial charge in [0.1, 0.15) is 5.75 Å². The zero-order valence-corrected chi connectivity index (χ0v) is 20.3. The predicted molar refractivity (Wildman–Crippen MR) is 126 cm³/mol. The number of nitrogens with zero attached hydrogens (tertiary/aromatic N) is 1. The molecule has 2 aromatic rings. The van der Waals surface area contributed by atoms with Crippen molar-refractivity contribution in [1.29, 1.82) is 0 Å². The van der Waals surface area contributed by atoms with E-state index in [0.29, 0.717) is 41.8 Å². The molecule has 1 N–H and O–H groups in total. The van der Waals surface area contributed by atoms with E-state index < -0.39 is 15.9 Å². The molecule has 2 aromatic carbocycles. The maximum Gasteiger partial charge on any atom is 0.248 e. The van der Waals surface area contributed by atoms with E-state index in [-0.39, 0.29) is 23.7 Å². The second kappa shape index (κ2) is 11.2. The lowest BCUT2D eigenvalue weighted by Crippen LogP contribution is -2.40. The molecule has 1 amide bonds. The molecule has 0 spiro atoms. The van der Waals surface area contributed by atoms with Gasteiger partial charge in [0.05, 0.1) is 52.2 Å². The van der Waals surface area contributed by atoms with Gasteiger partial charge in [0.15, 0.2) is 11.5 Å². The van der Waals surface area contributed by atoms with Crippen molar-refractivity contribution in [3.63, 3.8) is 0 Å². The van der Waals surface area contributed by atoms with Gasteiger partial charge in [-0.2, -0.15) is 4.31 Å². The van der Waals surface area contributed by atoms with Gasteiger partial charge < -0.3 is 29.0 Å². The highest BCUT2D eigenvalue weighted by Gasteiger charge is 2.27. The molecule has 3 rings (SSSR count). The van der Waals surface area contributed by atoms with Crippen LogP contribution in [0.1, 0.15) is 5.56 Å². The van der Waals surface area contributed by atoms with E-state index in [9.17, 15) is 13.2 Å². The topological polar surface area (TPSA) is 113 Å². The summed E-state index contributed by atoms with van der Waals surface area (Å²) in [7, 11) is 2.21. The zero-order valence-electron chi connectivity index (χ0n) is 19.5. The largest absolute Gasteiger partial charge is 0.495 e. The molecule has 0 unspecified atom stereocenters. The Morgan fingerprint density at radius 1 is 0.941 bits per heavy atom. The molecule has 184 valence electrons. The van der Waals surface area contributed by atoms with Crippen molar-refractivity contribution < 1.29 is 36.9 Å². The van der Waals surface area contributed by atoms with Crippen LogP contribution in [0.4, 0.5) is 5.69 Å². The number of ether oxygens (including phenoxy) is 5. The summed E-state index contributed by atoms with van der Waals surface area (Å²) in [4.78, 5) is 12.7. The first-order chi connectivity index (χ1) is 16.3. The lowest BCUT2D eigenvalue weighted by molar-refractivity contribution is -0.111. The fourth-order valence-corrected chi connectivity index (χ4v) is 4.86. The fraction of sp³-hybridized carbons (Fsp3) is 0.348. The first-order valence-corrected chi connectivity index (χ1v) is 11.8. The minimum Gasteiger partial charge on any atom is -0.495 e. The number of methoxy groups -OCH3 is 4. The lowest BCUT2D eigenvalue weighted by Gasteiger charge is -2.26. The van der Waals surface area contributed by atoms with E-state index in [1.165, 1.54) is 57.0 Å². The van der Waals surface area contributed by atoms with Crippen LogP contribution >= 0.6 is 0 Å². The Balaban J connectivity index is 1.83. The number of rotatable bonds is 9. The molecule has 0 radical (unpaired) electrons. The molecule has 0 atom stereocenters. The maximum atomic E-state index is 13.0. The van der Waals surface area contributed by atoms with Crippen LogP contribution in [0, 0.1) is 0 Å². The van der Waals surface area contributed by atoms with Crippen LogP contribution in [0.2, 0.25) is 0 Å². The Bertz CT molecular complexity index is 1130. The number of nitrogens with one attached hydrogen (secondary N) is 1. The first kappa shape index (κ1) is 25.3. The highest BCUT2D eigenvalue weighted by molar-refractivity contribution is 7.89. The van der Waals surface area contributed by atoms with E-state index >= 15 is 0 Å². The molecule has 1 aliphatic rings. The number of anilines is 1. The van der Waals surface area contributed by atoms with Crippen molar-refractivity contribution in [2.75, 3.05) is 60.1 Å². The molecule has 0 aliphatic carbocycles. The van der Waals surface area contributed by atoms with E-state index in [1.807, 2.05) is 0 Å². The highest BCUT2D eigenvalue weighted by Crippen LogP contribution is 2.38. The second-order valence-electron chi connectivity index (χ2n) is 7.16. The van der Waals surface area contributed by atoms with Gasteiger partial charge in [-0.25, -0.2) is 8.42 Å². The van der Waals surface area contributed by atoms with Crippen molar-refractivity contribution in [3.8, 4) is 23.0 Å². The molecule has 0 bridgehead atoms. The van der Waals surface area contributed by atoms with Gasteiger partial charge in [0, 0.05) is 19.2 Å². The molecule has 0 saturated carbocycles. The van der Waals surface area contributed by atoms with E-state index in [2.05, 4.69) is 5.32 Å². The second-order valence-corrected chi connectivity index (χ2v) is 9.10. The lowest BCUT2D eigenvalue weighted by atomic mass is 10.1. The number of benzene rings is 2. The summed E-state index contributed by atoms with van der Waals surface area (Å²) >= 11 is 0. The predicted octanol–water partition coefficient (Wildman–Crippen LogP) is 2.39. The Labute approximate surface area is 199 Å². The van der Waals surface area contributed by atoms with Crippen LogP contribution in [0.5, 0.6) is 23.0 Å². The summed E-state index contributed by atoms with van der Waals surface area (Å²) in [5.41, 5.74) is 0.872. The van der Waals surface area contributed by atoms with Gasteiger partial charge in [0.2, 0.25) is 21.7 Å². The van der Waals surface area contributed by atoms with Gasteiger partial charge in [0.25, 0.3) is 0 Å². The molecule has 1 aliphatic heterocycles. The van der Waals surface area contributed by atoms with Crippen molar-refractivity contribution in [3.05, 3.63) is 42.0 Å². The van der Waals surface area contributed by atoms with Crippen LogP contribution in [-0.2, 0) is 19.6 Å². The quantitative estimate of drug-likeness (QED) is 0.531. The van der Waals surface area contributed by atoms with E-state index in [0.717, 1.165) is 0 Å². The highest BCUT2D eigenvalue weighted by atomic mass is 32.2. The Morgan fingerprint density at radius 3 is 2.12 bits per heavy atom. The minimum atomic E-state index is -3.73. The maximum absolute atomic E-state index is 13.0. The van der Waals surface area contributed by atoms with Crippen LogP contribution < -0.4 is 24.3 Å². The molecule has 0 aromatic heterocycles. The van der Waals surface area contributed by atoms with Gasteiger partial charge in [-0.1, -0.05) is 0 Å². The molecule has 1 heterocycles. The average Bonchev–Trinajstić information content (AvgIpc) is 2.87. The average molecular weight is 493 g/mol. The Morgan fingerprint density at radius 2 is 1.56 bits per heavy atom. The van der Waals surface area contributed by atoms with Gasteiger partial charge in [-0.3, -0.25) is 4.79 Å². The molecule has 1 saturated heterocycles. The summed E-state index contributed by atoms with van der Waals surface area (Å²) in [5.74, 6) is 1.19. The normalized spacial score (nSPS) is 14.6. The number of morpholine rings is 1. The Hall–Kier alpha value is -3.28. The molecule has 1 fully saturated rings. The summed E-state index contributed by atoms with van der Waals surface area (Å²) in [6.07, 6.45) is 2.88. The summed E-state index contributed by atoms with van der Waals surface area (Å²) < 4.78 is 53.8. The molecule has 34 heavy (non-hydrogen) atoms. The van der Waals surface area contributed by atoms with Crippen LogP contribution in [-0.4, -0.2) is 73.4 Å². The smallest absolute Gasteiger partial charge is 0.248 e. The molecule has 11 heteroatoms. The zero-order chi connectivity index (χ0) is 24.7. The van der Waals surface area contributed by atoms with Gasteiger partial charge in [-0.15, -0.1) is 0 Å². The fourth-order valence-electron chi connectivity index (χ4n) is 3.43. The summed E-state index contributed by atoms with van der Waals surface area (Å²) in [6, 6.07) is 7.73. The van der Waals surface area contributed by atoms with E-state index in [1.54, 1.807) is 18.2 Å². The Kier molecular flexibility index (Phi) is 8.37. The molecule has 10 nitrogen and oxygen atoms in total. The summed E-state index contributed by atoms with van der Waals surface area (Å²) in [6.45, 7) is 1.22. The molecular weight excluding hydrogens is 464 g/mol. The van der Waals surface area contributed by atoms with Crippen molar-refractivity contribution in [1.82, 2.24) is 4.31 Å². The van der Waals surface area contributed by atoms with Crippen LogP contribution in [0.25, 0.3) is 6.08 Å². The minimum absolute atomic E-state index is 0.0547. The van der Waals surface area contributed by atoms with Crippen molar-refractivity contribution in [2.24, 2.45) is 0 Å². The number of sulfonamides is 1. The van der Waals surface area contributed by atoms with E-state index in [4.69, 9.17) is 23.7 Å². The first-order valence-electron chi connectivity index (χ1n) is 10.4. The summed E-state index contributed by atoms with van der Waals surface area (Å²) in [5, 5.41) is 2.68. The van der Waals surface area contributed by atoms with Gasteiger partial charge in [-0.05, 0) is 42.0 Å². The van der Waals surface area contributed by atoms with Crippen molar-refractivity contribution >= 4 is 27.7 Å².